The number of ether oxygens (including phenoxy) is 1. The third-order valence-electron chi connectivity index (χ3n) is 4.47. The van der Waals surface area contributed by atoms with Gasteiger partial charge in [0.15, 0.2) is 6.04 Å². The molecule has 1 aliphatic heterocycles. The topological polar surface area (TPSA) is 66.8 Å². The summed E-state index contributed by atoms with van der Waals surface area (Å²) in [5, 5.41) is 9.90. The molecule has 1 aliphatic carbocycles. The monoisotopic (exact) mass is 323 g/mol. The van der Waals surface area contributed by atoms with Crippen molar-refractivity contribution in [3.05, 3.63) is 34.9 Å². The van der Waals surface area contributed by atoms with E-state index in [0.29, 0.717) is 23.4 Å². The van der Waals surface area contributed by atoms with E-state index in [1.165, 1.54) is 4.90 Å². The summed E-state index contributed by atoms with van der Waals surface area (Å²) in [6, 6.07) is 5.66. The van der Waals surface area contributed by atoms with E-state index in [-0.39, 0.29) is 12.5 Å². The van der Waals surface area contributed by atoms with Crippen LogP contribution in [0.4, 0.5) is 0 Å². The summed E-state index contributed by atoms with van der Waals surface area (Å²) < 4.78 is 5.83. The highest BCUT2D eigenvalue weighted by Crippen LogP contribution is 2.41. The molecule has 6 heteroatoms. The third-order valence-corrected chi connectivity index (χ3v) is 4.71. The molecule has 1 amide bonds. The van der Waals surface area contributed by atoms with Gasteiger partial charge in [-0.1, -0.05) is 24.1 Å². The number of halogens is 1. The molecule has 1 aromatic carbocycles. The zero-order valence-corrected chi connectivity index (χ0v) is 12.9. The standard InChI is InChI=1S/C16H18ClNO4/c17-12-6-4-5-11(9-12)14(19)18-13(15(20)21)10-22-16(18)7-2-1-3-8-16/h4-6,9,13H,1-3,7-8,10H2,(H,20,21)/t13-/m0/s1. The Morgan fingerprint density at radius 1 is 1.27 bits per heavy atom. The van der Waals surface area contributed by atoms with Gasteiger partial charge in [0.05, 0.1) is 6.61 Å². The normalized spacial score (nSPS) is 23.7. The molecule has 0 radical (unpaired) electrons. The second kappa shape index (κ2) is 5.89. The average molecular weight is 324 g/mol. The Labute approximate surface area is 133 Å². The van der Waals surface area contributed by atoms with Crippen LogP contribution in [-0.4, -0.2) is 40.3 Å². The van der Waals surface area contributed by atoms with Gasteiger partial charge in [0.25, 0.3) is 5.91 Å². The minimum atomic E-state index is -1.03. The molecule has 0 aromatic heterocycles. The summed E-state index contributed by atoms with van der Waals surface area (Å²) in [6.07, 6.45) is 4.32. The molecule has 0 bridgehead atoms. The first kappa shape index (κ1) is 15.3. The molecule has 1 aromatic rings. The van der Waals surface area contributed by atoms with Crippen molar-refractivity contribution in [3.8, 4) is 0 Å². The first-order chi connectivity index (χ1) is 10.5. The van der Waals surface area contributed by atoms with Gasteiger partial charge in [-0.25, -0.2) is 4.79 Å². The highest BCUT2D eigenvalue weighted by atomic mass is 35.5. The van der Waals surface area contributed by atoms with Crippen LogP contribution in [0.25, 0.3) is 0 Å². The molecule has 5 nitrogen and oxygen atoms in total. The van der Waals surface area contributed by atoms with E-state index in [1.54, 1.807) is 24.3 Å². The number of rotatable bonds is 2. The van der Waals surface area contributed by atoms with Gasteiger partial charge in [0, 0.05) is 10.6 Å². The number of hydrogen-bond acceptors (Lipinski definition) is 3. The molecule has 2 aliphatic rings. The highest BCUT2D eigenvalue weighted by molar-refractivity contribution is 6.31. The number of amides is 1. The molecule has 1 saturated heterocycles. The molecule has 0 unspecified atom stereocenters. The lowest BCUT2D eigenvalue weighted by Crippen LogP contribution is -2.54. The number of carbonyl (C=O) groups is 2. The SMILES string of the molecule is O=C(O)[C@@H]1COC2(CCCCC2)N1C(=O)c1cccc(Cl)c1. The number of hydrogen-bond donors (Lipinski definition) is 1. The number of aliphatic carboxylic acids is 1. The van der Waals surface area contributed by atoms with E-state index in [2.05, 4.69) is 0 Å². The fourth-order valence-corrected chi connectivity index (χ4v) is 3.61. The Balaban J connectivity index is 1.97. The van der Waals surface area contributed by atoms with Crippen molar-refractivity contribution in [1.82, 2.24) is 4.90 Å². The maximum atomic E-state index is 12.9. The van der Waals surface area contributed by atoms with Crippen LogP contribution in [0.2, 0.25) is 5.02 Å². The first-order valence-electron chi connectivity index (χ1n) is 7.49. The van der Waals surface area contributed by atoms with Gasteiger partial charge in [-0.15, -0.1) is 0 Å². The molecule has 2 fully saturated rings. The van der Waals surface area contributed by atoms with Gasteiger partial charge in [-0.3, -0.25) is 9.69 Å². The van der Waals surface area contributed by atoms with Crippen molar-refractivity contribution in [3.63, 3.8) is 0 Å². The van der Waals surface area contributed by atoms with Crippen LogP contribution < -0.4 is 0 Å². The summed E-state index contributed by atoms with van der Waals surface area (Å²) >= 11 is 5.95. The average Bonchev–Trinajstić information content (AvgIpc) is 2.86. The summed E-state index contributed by atoms with van der Waals surface area (Å²) in [4.78, 5) is 25.9. The maximum Gasteiger partial charge on any atom is 0.328 e. The van der Waals surface area contributed by atoms with E-state index >= 15 is 0 Å². The van der Waals surface area contributed by atoms with Gasteiger partial charge in [-0.05, 0) is 43.9 Å². The number of benzene rings is 1. The van der Waals surface area contributed by atoms with Crippen molar-refractivity contribution >= 4 is 23.5 Å². The van der Waals surface area contributed by atoms with E-state index in [4.69, 9.17) is 16.3 Å². The third kappa shape index (κ3) is 2.59. The summed E-state index contributed by atoms with van der Waals surface area (Å²) in [5.41, 5.74) is -0.380. The molecule has 1 N–H and O–H groups in total. The minimum absolute atomic E-state index is 0.0433. The fraction of sp³-hybridized carbons (Fsp3) is 0.500. The van der Waals surface area contributed by atoms with Crippen LogP contribution in [0.1, 0.15) is 42.5 Å². The molecular formula is C16H18ClNO4. The first-order valence-corrected chi connectivity index (χ1v) is 7.87. The van der Waals surface area contributed by atoms with E-state index in [0.717, 1.165) is 19.3 Å². The Morgan fingerprint density at radius 3 is 2.64 bits per heavy atom. The lowest BCUT2D eigenvalue weighted by molar-refractivity contribution is -0.143. The summed E-state index contributed by atoms with van der Waals surface area (Å²) in [6.45, 7) is 0.0433. The Morgan fingerprint density at radius 2 is 2.00 bits per heavy atom. The molecule has 1 heterocycles. The van der Waals surface area contributed by atoms with Gasteiger partial charge in [-0.2, -0.15) is 0 Å². The highest BCUT2D eigenvalue weighted by Gasteiger charge is 2.53. The van der Waals surface area contributed by atoms with Crippen LogP contribution in [-0.2, 0) is 9.53 Å². The van der Waals surface area contributed by atoms with Gasteiger partial charge in [0.2, 0.25) is 0 Å². The van der Waals surface area contributed by atoms with Gasteiger partial charge < -0.3 is 9.84 Å². The number of carboxylic acid groups (broad SMARTS) is 1. The van der Waals surface area contributed by atoms with Crippen molar-refractivity contribution in [2.24, 2.45) is 0 Å². The van der Waals surface area contributed by atoms with E-state index in [1.807, 2.05) is 0 Å². The largest absolute Gasteiger partial charge is 0.480 e. The Kier molecular flexibility index (Phi) is 4.10. The van der Waals surface area contributed by atoms with Crippen molar-refractivity contribution in [2.75, 3.05) is 6.61 Å². The van der Waals surface area contributed by atoms with Crippen LogP contribution in [0.3, 0.4) is 0 Å². The lowest BCUT2D eigenvalue weighted by Gasteiger charge is -2.41. The zero-order chi connectivity index (χ0) is 15.7. The molecule has 1 atom stereocenters. The molecule has 118 valence electrons. The molecule has 3 rings (SSSR count). The van der Waals surface area contributed by atoms with Crippen LogP contribution >= 0.6 is 11.6 Å². The molecule has 22 heavy (non-hydrogen) atoms. The van der Waals surface area contributed by atoms with Crippen LogP contribution in [0.15, 0.2) is 24.3 Å². The Hall–Kier alpha value is -1.59. The number of carbonyl (C=O) groups excluding carboxylic acids is 1. The lowest BCUT2D eigenvalue weighted by atomic mass is 9.89. The van der Waals surface area contributed by atoms with E-state index in [9.17, 15) is 14.7 Å². The number of carboxylic acids is 1. The van der Waals surface area contributed by atoms with Crippen molar-refractivity contribution < 1.29 is 19.4 Å². The zero-order valence-electron chi connectivity index (χ0n) is 12.1. The molecule has 1 saturated carbocycles. The molecular weight excluding hydrogens is 306 g/mol. The van der Waals surface area contributed by atoms with Gasteiger partial charge >= 0.3 is 5.97 Å². The maximum absolute atomic E-state index is 12.9. The van der Waals surface area contributed by atoms with E-state index < -0.39 is 17.7 Å². The van der Waals surface area contributed by atoms with Crippen LogP contribution in [0, 0.1) is 0 Å². The summed E-state index contributed by atoms with van der Waals surface area (Å²) in [5.74, 6) is -1.35. The molecule has 1 spiro atoms. The second-order valence-corrected chi connectivity index (χ2v) is 6.29. The number of nitrogens with zero attached hydrogens (tertiary/aromatic N) is 1. The quantitative estimate of drug-likeness (QED) is 0.908. The second-order valence-electron chi connectivity index (χ2n) is 5.86. The predicted molar refractivity (Wildman–Crippen MR) is 80.8 cm³/mol. The minimum Gasteiger partial charge on any atom is -0.480 e. The van der Waals surface area contributed by atoms with Gasteiger partial charge in [0.1, 0.15) is 5.72 Å². The van der Waals surface area contributed by atoms with Crippen molar-refractivity contribution in [2.45, 2.75) is 43.9 Å². The smallest absolute Gasteiger partial charge is 0.328 e. The van der Waals surface area contributed by atoms with Crippen LogP contribution in [0.5, 0.6) is 0 Å². The van der Waals surface area contributed by atoms with Crippen molar-refractivity contribution in [1.29, 1.82) is 0 Å². The predicted octanol–water partition coefficient (Wildman–Crippen LogP) is 2.93. The summed E-state index contributed by atoms with van der Waals surface area (Å²) in [7, 11) is 0. The Bertz CT molecular complexity index is 598. The fourth-order valence-electron chi connectivity index (χ4n) is 3.42.